The summed E-state index contributed by atoms with van der Waals surface area (Å²) in [5.41, 5.74) is 1.20. The molecule has 1 atom stereocenters. The van der Waals surface area contributed by atoms with Crippen LogP contribution >= 0.6 is 23.1 Å². The number of hydrogen-bond acceptors (Lipinski definition) is 5. The number of fused-ring (bicyclic) bond motifs is 3. The standard InChI is InChI=1S/C21H29N3O2S2/c1-12-7-9-14(10-8-12)22-19(25)13(2)27-11-17-23-20(26)18-15-5-3-4-6-16(15)28-21(18)24-17/h12-14H,3-11H2,1-2H3,(H,22,25)(H,23,24,26)/t12?,13-,14?/m1/s1. The van der Waals surface area contributed by atoms with Crippen LogP contribution in [0.15, 0.2) is 4.79 Å². The number of aryl methyl sites for hydroxylation is 2. The Morgan fingerprint density at radius 1 is 1.29 bits per heavy atom. The van der Waals surface area contributed by atoms with Gasteiger partial charge in [-0.15, -0.1) is 23.1 Å². The molecule has 0 saturated heterocycles. The average Bonchev–Trinajstić information content (AvgIpc) is 3.06. The fourth-order valence-corrected chi connectivity index (χ4v) is 6.32. The molecule has 7 heteroatoms. The molecule has 0 spiro atoms. The van der Waals surface area contributed by atoms with Gasteiger partial charge in [-0.3, -0.25) is 9.59 Å². The Hall–Kier alpha value is -1.34. The summed E-state index contributed by atoms with van der Waals surface area (Å²) in [4.78, 5) is 35.0. The number of aromatic amines is 1. The number of hydrogen-bond donors (Lipinski definition) is 2. The molecule has 1 amide bonds. The highest BCUT2D eigenvalue weighted by atomic mass is 32.2. The number of thiophene rings is 1. The molecule has 0 bridgehead atoms. The summed E-state index contributed by atoms with van der Waals surface area (Å²) in [6.07, 6.45) is 8.97. The SMILES string of the molecule is CC1CCC(NC(=O)[C@@H](C)SCc2nc3sc4c(c3c(=O)[nH]2)CCCC4)CC1. The van der Waals surface area contributed by atoms with Gasteiger partial charge in [-0.25, -0.2) is 4.98 Å². The first-order chi connectivity index (χ1) is 13.5. The van der Waals surface area contributed by atoms with Gasteiger partial charge < -0.3 is 10.3 Å². The summed E-state index contributed by atoms with van der Waals surface area (Å²) < 4.78 is 0. The maximum atomic E-state index is 12.6. The monoisotopic (exact) mass is 419 g/mol. The molecule has 1 saturated carbocycles. The van der Waals surface area contributed by atoms with Crippen molar-refractivity contribution in [2.24, 2.45) is 5.92 Å². The Morgan fingerprint density at radius 3 is 2.82 bits per heavy atom. The summed E-state index contributed by atoms with van der Waals surface area (Å²) in [5.74, 6) is 2.09. The minimum atomic E-state index is -0.156. The van der Waals surface area contributed by atoms with Gasteiger partial charge in [0.25, 0.3) is 5.56 Å². The number of rotatable bonds is 5. The predicted octanol–water partition coefficient (Wildman–Crippen LogP) is 4.18. The van der Waals surface area contributed by atoms with Crippen LogP contribution < -0.4 is 10.9 Å². The number of aromatic nitrogens is 2. The molecule has 0 radical (unpaired) electrons. The van der Waals surface area contributed by atoms with E-state index in [1.54, 1.807) is 11.3 Å². The van der Waals surface area contributed by atoms with Gasteiger partial charge in [-0.1, -0.05) is 6.92 Å². The molecule has 0 aliphatic heterocycles. The second kappa shape index (κ2) is 8.57. The highest BCUT2D eigenvalue weighted by Gasteiger charge is 2.23. The van der Waals surface area contributed by atoms with Gasteiger partial charge in [-0.05, 0) is 69.8 Å². The smallest absolute Gasteiger partial charge is 0.259 e. The van der Waals surface area contributed by atoms with Crippen LogP contribution in [0.5, 0.6) is 0 Å². The van der Waals surface area contributed by atoms with Crippen molar-refractivity contribution in [2.45, 2.75) is 82.3 Å². The maximum absolute atomic E-state index is 12.6. The summed E-state index contributed by atoms with van der Waals surface area (Å²) in [5, 5.41) is 3.84. The van der Waals surface area contributed by atoms with Crippen LogP contribution in [0, 0.1) is 5.92 Å². The zero-order valence-corrected chi connectivity index (χ0v) is 18.3. The molecule has 2 N–H and O–H groups in total. The second-order valence-corrected chi connectivity index (χ2v) is 10.7. The van der Waals surface area contributed by atoms with Crippen molar-refractivity contribution < 1.29 is 4.79 Å². The molecule has 4 rings (SSSR count). The van der Waals surface area contributed by atoms with Crippen molar-refractivity contribution in [3.05, 3.63) is 26.6 Å². The number of nitrogens with zero attached hydrogens (tertiary/aromatic N) is 1. The van der Waals surface area contributed by atoms with Crippen molar-refractivity contribution in [1.82, 2.24) is 15.3 Å². The van der Waals surface area contributed by atoms with Gasteiger partial charge in [-0.2, -0.15) is 0 Å². The molecule has 0 unspecified atom stereocenters. The first kappa shape index (κ1) is 20.0. The van der Waals surface area contributed by atoms with E-state index in [4.69, 9.17) is 4.98 Å². The highest BCUT2D eigenvalue weighted by molar-refractivity contribution is 7.99. The first-order valence-electron chi connectivity index (χ1n) is 10.5. The quantitative estimate of drug-likeness (QED) is 0.762. The fourth-order valence-electron chi connectivity index (χ4n) is 4.28. The Balaban J connectivity index is 1.38. The van der Waals surface area contributed by atoms with E-state index in [0.29, 0.717) is 17.6 Å². The Morgan fingerprint density at radius 2 is 2.04 bits per heavy atom. The molecule has 2 aromatic heterocycles. The third-order valence-corrected chi connectivity index (χ3v) is 8.42. The van der Waals surface area contributed by atoms with E-state index < -0.39 is 0 Å². The molecule has 2 heterocycles. The van der Waals surface area contributed by atoms with Gasteiger partial charge >= 0.3 is 0 Å². The zero-order chi connectivity index (χ0) is 19.7. The average molecular weight is 420 g/mol. The number of nitrogens with one attached hydrogen (secondary N) is 2. The molecule has 1 fully saturated rings. The molecular formula is C21H29N3O2S2. The lowest BCUT2D eigenvalue weighted by molar-refractivity contribution is -0.121. The summed E-state index contributed by atoms with van der Waals surface area (Å²) in [6, 6.07) is 0.318. The molecule has 0 aromatic carbocycles. The molecule has 2 aliphatic rings. The van der Waals surface area contributed by atoms with E-state index in [0.717, 1.165) is 48.2 Å². The van der Waals surface area contributed by atoms with Crippen LogP contribution in [-0.2, 0) is 23.4 Å². The number of carbonyl (C=O) groups excluding carboxylic acids is 1. The molecule has 2 aromatic rings. The van der Waals surface area contributed by atoms with Crippen LogP contribution in [0.4, 0.5) is 0 Å². The van der Waals surface area contributed by atoms with E-state index >= 15 is 0 Å². The highest BCUT2D eigenvalue weighted by Crippen LogP contribution is 2.33. The normalized spacial score (nSPS) is 23.4. The third kappa shape index (κ3) is 4.30. The minimum Gasteiger partial charge on any atom is -0.352 e. The Kier molecular flexibility index (Phi) is 6.11. The number of thioether (sulfide) groups is 1. The van der Waals surface area contributed by atoms with Crippen LogP contribution in [0.3, 0.4) is 0 Å². The van der Waals surface area contributed by atoms with Gasteiger partial charge in [0, 0.05) is 10.9 Å². The van der Waals surface area contributed by atoms with Crippen molar-refractivity contribution in [3.63, 3.8) is 0 Å². The molecule has 28 heavy (non-hydrogen) atoms. The summed E-state index contributed by atoms with van der Waals surface area (Å²) in [7, 11) is 0. The van der Waals surface area contributed by atoms with Gasteiger partial charge in [0.15, 0.2) is 0 Å². The Bertz CT molecular complexity index is 912. The van der Waals surface area contributed by atoms with Crippen LogP contribution in [0.25, 0.3) is 10.2 Å². The largest absolute Gasteiger partial charge is 0.352 e. The van der Waals surface area contributed by atoms with E-state index in [1.165, 1.54) is 41.5 Å². The van der Waals surface area contributed by atoms with Crippen molar-refractivity contribution >= 4 is 39.2 Å². The predicted molar refractivity (Wildman–Crippen MR) is 117 cm³/mol. The van der Waals surface area contributed by atoms with Gasteiger partial charge in [0.05, 0.1) is 16.4 Å². The lowest BCUT2D eigenvalue weighted by Crippen LogP contribution is -2.41. The van der Waals surface area contributed by atoms with Crippen LogP contribution in [0.2, 0.25) is 0 Å². The van der Waals surface area contributed by atoms with E-state index in [2.05, 4.69) is 17.2 Å². The maximum Gasteiger partial charge on any atom is 0.259 e. The summed E-state index contributed by atoms with van der Waals surface area (Å²) >= 11 is 3.21. The molecule has 2 aliphatic carbocycles. The van der Waals surface area contributed by atoms with Crippen LogP contribution in [0.1, 0.15) is 68.6 Å². The van der Waals surface area contributed by atoms with E-state index in [9.17, 15) is 9.59 Å². The number of amides is 1. The van der Waals surface area contributed by atoms with Crippen LogP contribution in [-0.4, -0.2) is 27.2 Å². The fraction of sp³-hybridized carbons (Fsp3) is 0.667. The Labute approximate surface area is 174 Å². The van der Waals surface area contributed by atoms with Gasteiger partial charge in [0.1, 0.15) is 10.7 Å². The minimum absolute atomic E-state index is 0.0200. The lowest BCUT2D eigenvalue weighted by Gasteiger charge is -2.27. The molecular weight excluding hydrogens is 390 g/mol. The lowest BCUT2D eigenvalue weighted by atomic mass is 9.87. The third-order valence-electron chi connectivity index (χ3n) is 6.08. The second-order valence-electron chi connectivity index (χ2n) is 8.32. The molecule has 5 nitrogen and oxygen atoms in total. The van der Waals surface area contributed by atoms with Crippen molar-refractivity contribution in [2.75, 3.05) is 0 Å². The topological polar surface area (TPSA) is 74.8 Å². The van der Waals surface area contributed by atoms with Crippen molar-refractivity contribution in [3.8, 4) is 0 Å². The number of H-pyrrole nitrogens is 1. The summed E-state index contributed by atoms with van der Waals surface area (Å²) in [6.45, 7) is 4.22. The molecule has 152 valence electrons. The van der Waals surface area contributed by atoms with E-state index in [-0.39, 0.29) is 16.7 Å². The van der Waals surface area contributed by atoms with E-state index in [1.807, 2.05) is 6.92 Å². The first-order valence-corrected chi connectivity index (χ1v) is 12.3. The zero-order valence-electron chi connectivity index (χ0n) is 16.7. The van der Waals surface area contributed by atoms with Crippen molar-refractivity contribution in [1.29, 1.82) is 0 Å². The van der Waals surface area contributed by atoms with Gasteiger partial charge in [0.2, 0.25) is 5.91 Å². The number of carbonyl (C=O) groups is 1.